The van der Waals surface area contributed by atoms with Crippen molar-refractivity contribution < 1.29 is 23.9 Å². The Labute approximate surface area is 211 Å². The molecular weight excluding hydrogens is 462 g/mol. The van der Waals surface area contributed by atoms with Crippen LogP contribution in [0.3, 0.4) is 0 Å². The van der Waals surface area contributed by atoms with Crippen LogP contribution < -0.4 is 10.1 Å². The first kappa shape index (κ1) is 25.7. The van der Waals surface area contributed by atoms with Crippen LogP contribution in [0.1, 0.15) is 54.0 Å². The summed E-state index contributed by atoms with van der Waals surface area (Å²) >= 11 is 0. The molecule has 10 nitrogen and oxygen atoms in total. The van der Waals surface area contributed by atoms with E-state index in [1.54, 1.807) is 14.5 Å². The van der Waals surface area contributed by atoms with Crippen LogP contribution in [0.5, 0.6) is 5.75 Å². The van der Waals surface area contributed by atoms with Crippen molar-refractivity contribution in [2.75, 3.05) is 32.8 Å². The molecule has 2 aromatic rings. The number of hydrogen-bond acceptors (Lipinski definition) is 6. The summed E-state index contributed by atoms with van der Waals surface area (Å²) in [5.74, 6) is 0.402. The smallest absolute Gasteiger partial charge is 0.274 e. The summed E-state index contributed by atoms with van der Waals surface area (Å²) in [5, 5.41) is 7.36. The Bertz CT molecular complexity index is 1090. The van der Waals surface area contributed by atoms with Crippen molar-refractivity contribution in [3.63, 3.8) is 0 Å². The highest BCUT2D eigenvalue weighted by Gasteiger charge is 2.31. The second-order valence-electron chi connectivity index (χ2n) is 9.45. The molecule has 0 radical (unpaired) electrons. The molecule has 0 bridgehead atoms. The molecule has 3 amide bonds. The van der Waals surface area contributed by atoms with Gasteiger partial charge in [-0.2, -0.15) is 5.10 Å². The monoisotopic (exact) mass is 497 g/mol. The van der Waals surface area contributed by atoms with E-state index in [4.69, 9.17) is 9.47 Å². The van der Waals surface area contributed by atoms with Gasteiger partial charge in [-0.15, -0.1) is 0 Å². The normalized spacial score (nSPS) is 15.6. The lowest BCUT2D eigenvalue weighted by Gasteiger charge is -2.29. The fourth-order valence-electron chi connectivity index (χ4n) is 4.52. The fourth-order valence-corrected chi connectivity index (χ4v) is 4.52. The van der Waals surface area contributed by atoms with Gasteiger partial charge in [-0.05, 0) is 31.5 Å². The van der Waals surface area contributed by atoms with E-state index >= 15 is 0 Å². The quantitative estimate of drug-likeness (QED) is 0.595. The van der Waals surface area contributed by atoms with Crippen LogP contribution in [0.25, 0.3) is 0 Å². The number of morpholine rings is 1. The van der Waals surface area contributed by atoms with Crippen molar-refractivity contribution in [1.29, 1.82) is 0 Å². The molecule has 1 aromatic heterocycles. The summed E-state index contributed by atoms with van der Waals surface area (Å²) in [6, 6.07) is 7.59. The Hall–Kier alpha value is -3.40. The second-order valence-corrected chi connectivity index (χ2v) is 9.45. The standard InChI is InChI=1S/C26H35N5O5/c1-18(2)36-20-6-4-19(5-7-20)16-27-23(32)8-9-24(33)31-11-10-22-21(17-31)25(28-29(22)3)26(34)30-12-14-35-15-13-30/h4-7,18H,8-17H2,1-3H3,(H,27,32). The maximum absolute atomic E-state index is 13.1. The molecule has 0 spiro atoms. The number of rotatable bonds is 8. The SMILES string of the molecule is CC(C)Oc1ccc(CNC(=O)CCC(=O)N2CCc3c(c(C(=O)N4CCOCC4)nn3C)C2)cc1. The van der Waals surface area contributed by atoms with Crippen molar-refractivity contribution in [2.45, 2.75) is 52.3 Å². The lowest BCUT2D eigenvalue weighted by molar-refractivity contribution is -0.134. The summed E-state index contributed by atoms with van der Waals surface area (Å²) in [7, 11) is 1.83. The van der Waals surface area contributed by atoms with Crippen LogP contribution in [0.15, 0.2) is 24.3 Å². The van der Waals surface area contributed by atoms with Crippen molar-refractivity contribution >= 4 is 17.7 Å². The molecule has 1 N–H and O–H groups in total. The van der Waals surface area contributed by atoms with Crippen LogP contribution in [0.4, 0.5) is 0 Å². The van der Waals surface area contributed by atoms with E-state index in [0.717, 1.165) is 22.6 Å². The van der Waals surface area contributed by atoms with Gasteiger partial charge in [0, 0.05) is 70.3 Å². The topological polar surface area (TPSA) is 106 Å². The van der Waals surface area contributed by atoms with Crippen molar-refractivity contribution in [3.8, 4) is 5.75 Å². The third-order valence-electron chi connectivity index (χ3n) is 6.45. The van der Waals surface area contributed by atoms with Gasteiger partial charge in [-0.25, -0.2) is 0 Å². The summed E-state index contributed by atoms with van der Waals surface area (Å²) < 4.78 is 12.7. The molecule has 1 aromatic carbocycles. The van der Waals surface area contributed by atoms with E-state index in [2.05, 4.69) is 10.4 Å². The van der Waals surface area contributed by atoms with Gasteiger partial charge >= 0.3 is 0 Å². The Morgan fingerprint density at radius 2 is 1.78 bits per heavy atom. The first-order valence-electron chi connectivity index (χ1n) is 12.5. The first-order chi connectivity index (χ1) is 17.3. The van der Waals surface area contributed by atoms with Crippen molar-refractivity contribution in [2.24, 2.45) is 7.05 Å². The predicted octanol–water partition coefficient (Wildman–Crippen LogP) is 1.66. The average Bonchev–Trinajstić information content (AvgIpc) is 3.22. The van der Waals surface area contributed by atoms with Gasteiger partial charge in [0.05, 0.1) is 19.3 Å². The number of aryl methyl sites for hydroxylation is 1. The van der Waals surface area contributed by atoms with E-state index in [9.17, 15) is 14.4 Å². The minimum absolute atomic E-state index is 0.0976. The number of nitrogens with one attached hydrogen (secondary N) is 1. The molecule has 194 valence electrons. The van der Waals surface area contributed by atoms with Gasteiger partial charge in [0.25, 0.3) is 5.91 Å². The summed E-state index contributed by atoms with van der Waals surface area (Å²) in [4.78, 5) is 41.8. The predicted molar refractivity (Wildman–Crippen MR) is 132 cm³/mol. The number of hydrogen-bond donors (Lipinski definition) is 1. The van der Waals surface area contributed by atoms with Gasteiger partial charge in [0.15, 0.2) is 5.69 Å². The maximum Gasteiger partial charge on any atom is 0.274 e. The molecular formula is C26H35N5O5. The fraction of sp³-hybridized carbons (Fsp3) is 0.538. The van der Waals surface area contributed by atoms with Gasteiger partial charge in [0.1, 0.15) is 5.75 Å². The van der Waals surface area contributed by atoms with Crippen LogP contribution in [0.2, 0.25) is 0 Å². The van der Waals surface area contributed by atoms with E-state index in [0.29, 0.717) is 58.1 Å². The van der Waals surface area contributed by atoms with Gasteiger partial charge in [-0.1, -0.05) is 12.1 Å². The zero-order valence-electron chi connectivity index (χ0n) is 21.3. The number of nitrogens with zero attached hydrogens (tertiary/aromatic N) is 4. The molecule has 0 aliphatic carbocycles. The van der Waals surface area contributed by atoms with Crippen LogP contribution in [0, 0.1) is 0 Å². The summed E-state index contributed by atoms with van der Waals surface area (Å²) in [5.41, 5.74) is 3.17. The molecule has 3 heterocycles. The maximum atomic E-state index is 13.1. The molecule has 2 aliphatic heterocycles. The number of fused-ring (bicyclic) bond motifs is 1. The Balaban J connectivity index is 1.28. The number of carbonyl (C=O) groups excluding carboxylic acids is 3. The largest absolute Gasteiger partial charge is 0.491 e. The number of ether oxygens (including phenoxy) is 2. The highest BCUT2D eigenvalue weighted by atomic mass is 16.5. The molecule has 0 atom stereocenters. The highest BCUT2D eigenvalue weighted by molar-refractivity contribution is 5.94. The van der Waals surface area contributed by atoms with E-state index in [1.807, 2.05) is 45.2 Å². The van der Waals surface area contributed by atoms with Crippen LogP contribution in [-0.4, -0.2) is 76.3 Å². The second kappa shape index (κ2) is 11.6. The Kier molecular flexibility index (Phi) is 8.25. The minimum atomic E-state index is -0.173. The van der Waals surface area contributed by atoms with Crippen molar-refractivity contribution in [3.05, 3.63) is 46.8 Å². The molecule has 1 saturated heterocycles. The number of aromatic nitrogens is 2. The molecule has 36 heavy (non-hydrogen) atoms. The zero-order chi connectivity index (χ0) is 25.7. The first-order valence-corrected chi connectivity index (χ1v) is 12.5. The van der Waals surface area contributed by atoms with Crippen LogP contribution >= 0.6 is 0 Å². The molecule has 4 rings (SSSR count). The third kappa shape index (κ3) is 6.23. The average molecular weight is 498 g/mol. The molecule has 2 aliphatic rings. The van der Waals surface area contributed by atoms with Crippen molar-refractivity contribution in [1.82, 2.24) is 24.9 Å². The lowest BCUT2D eigenvalue weighted by Crippen LogP contribution is -2.42. The van der Waals surface area contributed by atoms with Crippen LogP contribution in [-0.2, 0) is 40.9 Å². The third-order valence-corrected chi connectivity index (χ3v) is 6.45. The van der Waals surface area contributed by atoms with Gasteiger partial charge < -0.3 is 24.6 Å². The molecule has 10 heteroatoms. The Morgan fingerprint density at radius 3 is 2.47 bits per heavy atom. The van der Waals surface area contributed by atoms with Gasteiger partial charge in [0.2, 0.25) is 11.8 Å². The zero-order valence-corrected chi connectivity index (χ0v) is 21.3. The number of amides is 3. The Morgan fingerprint density at radius 1 is 1.06 bits per heavy atom. The lowest BCUT2D eigenvalue weighted by atomic mass is 10.0. The number of benzene rings is 1. The summed E-state index contributed by atoms with van der Waals surface area (Å²) in [6.07, 6.45) is 0.970. The molecule has 0 saturated carbocycles. The molecule has 1 fully saturated rings. The van der Waals surface area contributed by atoms with E-state index in [-0.39, 0.29) is 36.7 Å². The van der Waals surface area contributed by atoms with E-state index in [1.165, 1.54) is 0 Å². The molecule has 0 unspecified atom stereocenters. The number of carbonyl (C=O) groups is 3. The minimum Gasteiger partial charge on any atom is -0.491 e. The van der Waals surface area contributed by atoms with E-state index < -0.39 is 0 Å². The summed E-state index contributed by atoms with van der Waals surface area (Å²) in [6.45, 7) is 7.33. The van der Waals surface area contributed by atoms with Gasteiger partial charge in [-0.3, -0.25) is 19.1 Å². The highest BCUT2D eigenvalue weighted by Crippen LogP contribution is 2.24.